The number of ether oxygens (including phenoxy) is 2. The normalized spacial score (nSPS) is 33.1. The Hall–Kier alpha value is -1.24. The molecule has 0 N–H and O–H groups in total. The maximum Gasteiger partial charge on any atom is 0.305 e. The van der Waals surface area contributed by atoms with Gasteiger partial charge in [-0.2, -0.15) is 0 Å². The molecule has 0 spiro atoms. The van der Waals surface area contributed by atoms with E-state index >= 15 is 0 Å². The van der Waals surface area contributed by atoms with Gasteiger partial charge in [-0.1, -0.05) is 13.8 Å². The molecular formula is C14H20O6. The van der Waals surface area contributed by atoms with Gasteiger partial charge in [0.1, 0.15) is 11.7 Å². The molecule has 1 saturated heterocycles. The summed E-state index contributed by atoms with van der Waals surface area (Å²) in [7, 11) is 1.33. The summed E-state index contributed by atoms with van der Waals surface area (Å²) in [6.45, 7) is 3.88. The average molecular weight is 284 g/mol. The fourth-order valence-corrected chi connectivity index (χ4v) is 2.28. The van der Waals surface area contributed by atoms with Gasteiger partial charge in [0.25, 0.3) is 0 Å². The van der Waals surface area contributed by atoms with Crippen molar-refractivity contribution in [2.75, 3.05) is 7.11 Å². The van der Waals surface area contributed by atoms with E-state index in [2.05, 4.69) is 4.74 Å². The van der Waals surface area contributed by atoms with Gasteiger partial charge in [0.2, 0.25) is 0 Å². The Kier molecular flexibility index (Phi) is 4.57. The lowest BCUT2D eigenvalue weighted by Crippen LogP contribution is -2.55. The van der Waals surface area contributed by atoms with Crippen molar-refractivity contribution in [2.24, 2.45) is 5.92 Å². The number of fused-ring (bicyclic) bond motifs is 1. The molecule has 2 aliphatic rings. The first kappa shape index (κ1) is 15.2. The van der Waals surface area contributed by atoms with Crippen molar-refractivity contribution in [3.63, 3.8) is 0 Å². The van der Waals surface area contributed by atoms with Crippen LogP contribution in [0.15, 0.2) is 12.2 Å². The van der Waals surface area contributed by atoms with Gasteiger partial charge in [-0.05, 0) is 18.6 Å². The molecule has 1 aliphatic heterocycles. The summed E-state index contributed by atoms with van der Waals surface area (Å²) >= 11 is 0. The molecule has 0 aromatic rings. The van der Waals surface area contributed by atoms with Gasteiger partial charge < -0.3 is 9.47 Å². The van der Waals surface area contributed by atoms with Crippen LogP contribution in [0.4, 0.5) is 0 Å². The highest BCUT2D eigenvalue weighted by Gasteiger charge is 2.49. The molecule has 0 amide bonds. The number of methoxy groups -OCH3 is 1. The molecule has 1 heterocycles. The second kappa shape index (κ2) is 6.03. The van der Waals surface area contributed by atoms with Crippen LogP contribution in [0, 0.1) is 5.92 Å². The smallest absolute Gasteiger partial charge is 0.305 e. The van der Waals surface area contributed by atoms with Crippen LogP contribution >= 0.6 is 0 Å². The van der Waals surface area contributed by atoms with Crippen LogP contribution in [0.3, 0.4) is 0 Å². The molecule has 0 unspecified atom stereocenters. The molecule has 0 saturated carbocycles. The number of hydrogen-bond acceptors (Lipinski definition) is 6. The fourth-order valence-electron chi connectivity index (χ4n) is 2.28. The van der Waals surface area contributed by atoms with E-state index in [9.17, 15) is 9.59 Å². The van der Waals surface area contributed by atoms with Crippen molar-refractivity contribution < 1.29 is 28.8 Å². The third kappa shape index (κ3) is 3.08. The Morgan fingerprint density at radius 2 is 2.30 bits per heavy atom. The van der Waals surface area contributed by atoms with Crippen LogP contribution < -0.4 is 0 Å². The van der Waals surface area contributed by atoms with Gasteiger partial charge in [-0.3, -0.25) is 9.59 Å². The van der Waals surface area contributed by atoms with Crippen LogP contribution in [-0.2, 0) is 28.8 Å². The number of esters is 1. The van der Waals surface area contributed by atoms with Gasteiger partial charge in [0.15, 0.2) is 12.1 Å². The molecule has 6 nitrogen and oxygen atoms in total. The highest BCUT2D eigenvalue weighted by atomic mass is 17.2. The van der Waals surface area contributed by atoms with Crippen molar-refractivity contribution >= 4 is 11.8 Å². The van der Waals surface area contributed by atoms with Gasteiger partial charge in [0.05, 0.1) is 7.11 Å². The highest BCUT2D eigenvalue weighted by molar-refractivity contribution is 5.91. The SMILES string of the molecule is COC(=O)CC[C@@]12C=CC(=O)C[C@@H]1O[C@H](C(C)C)OO2. The minimum atomic E-state index is -0.895. The third-order valence-electron chi connectivity index (χ3n) is 3.57. The molecule has 0 aromatic heterocycles. The molecule has 0 aromatic carbocycles. The summed E-state index contributed by atoms with van der Waals surface area (Å²) in [5, 5.41) is 0. The second-order valence-corrected chi connectivity index (χ2v) is 5.45. The summed E-state index contributed by atoms with van der Waals surface area (Å²) < 4.78 is 10.5. The van der Waals surface area contributed by atoms with E-state index in [-0.39, 0.29) is 30.5 Å². The maximum absolute atomic E-state index is 11.6. The predicted octanol–water partition coefficient (Wildman–Crippen LogP) is 1.54. The Balaban J connectivity index is 2.12. The number of hydrogen-bond donors (Lipinski definition) is 0. The Morgan fingerprint density at radius 1 is 1.55 bits per heavy atom. The summed E-state index contributed by atoms with van der Waals surface area (Å²) in [6, 6.07) is 0. The van der Waals surface area contributed by atoms with Crippen LogP contribution in [0.25, 0.3) is 0 Å². The number of allylic oxidation sites excluding steroid dienone is 1. The molecule has 6 heteroatoms. The third-order valence-corrected chi connectivity index (χ3v) is 3.57. The number of carbonyl (C=O) groups is 2. The Bertz CT molecular complexity index is 416. The van der Waals surface area contributed by atoms with Crippen molar-refractivity contribution in [1.29, 1.82) is 0 Å². The largest absolute Gasteiger partial charge is 0.469 e. The summed E-state index contributed by atoms with van der Waals surface area (Å²) in [6.07, 6.45) is 2.88. The molecule has 1 fully saturated rings. The molecule has 20 heavy (non-hydrogen) atoms. The molecule has 112 valence electrons. The first-order chi connectivity index (χ1) is 9.47. The Morgan fingerprint density at radius 3 is 2.95 bits per heavy atom. The van der Waals surface area contributed by atoms with E-state index in [1.807, 2.05) is 13.8 Å². The van der Waals surface area contributed by atoms with Gasteiger partial charge in [-0.15, -0.1) is 0 Å². The maximum atomic E-state index is 11.6. The summed E-state index contributed by atoms with van der Waals surface area (Å²) in [5.41, 5.74) is -0.895. The molecule has 3 atom stereocenters. The lowest BCUT2D eigenvalue weighted by Gasteiger charge is -2.45. The zero-order valence-electron chi connectivity index (χ0n) is 12.0. The van der Waals surface area contributed by atoms with Gasteiger partial charge in [-0.25, -0.2) is 9.78 Å². The monoisotopic (exact) mass is 284 g/mol. The topological polar surface area (TPSA) is 71.1 Å². The first-order valence-electron chi connectivity index (χ1n) is 6.75. The lowest BCUT2D eigenvalue weighted by molar-refractivity contribution is -0.486. The first-order valence-corrected chi connectivity index (χ1v) is 6.75. The summed E-state index contributed by atoms with van der Waals surface area (Å²) in [4.78, 5) is 33.7. The van der Waals surface area contributed by atoms with Crippen molar-refractivity contribution in [3.05, 3.63) is 12.2 Å². The minimum Gasteiger partial charge on any atom is -0.469 e. The quantitative estimate of drug-likeness (QED) is 0.576. The zero-order chi connectivity index (χ0) is 14.8. The van der Waals surface area contributed by atoms with E-state index in [4.69, 9.17) is 14.5 Å². The molecule has 1 aliphatic carbocycles. The number of carbonyl (C=O) groups excluding carboxylic acids is 2. The highest BCUT2D eigenvalue weighted by Crippen LogP contribution is 2.38. The van der Waals surface area contributed by atoms with Crippen molar-refractivity contribution in [1.82, 2.24) is 0 Å². The second-order valence-electron chi connectivity index (χ2n) is 5.45. The standard InChI is InChI=1S/C14H20O6/c1-9(2)13-18-11-8-10(15)4-6-14(11,20-19-13)7-5-12(16)17-3/h4,6,9,11,13H,5,7-8H2,1-3H3/t11-,13-,14-/m0/s1. The van der Waals surface area contributed by atoms with Crippen LogP contribution in [-0.4, -0.2) is 36.9 Å². The molecule has 0 bridgehead atoms. The molecular weight excluding hydrogens is 264 g/mol. The molecule has 2 rings (SSSR count). The molecule has 0 radical (unpaired) electrons. The lowest BCUT2D eigenvalue weighted by atomic mass is 9.83. The fraction of sp³-hybridized carbons (Fsp3) is 0.714. The van der Waals surface area contributed by atoms with E-state index in [0.717, 1.165) is 0 Å². The van der Waals surface area contributed by atoms with Gasteiger partial charge in [0, 0.05) is 18.8 Å². The van der Waals surface area contributed by atoms with E-state index < -0.39 is 18.0 Å². The average Bonchev–Trinajstić information content (AvgIpc) is 2.44. The van der Waals surface area contributed by atoms with Crippen LogP contribution in [0.2, 0.25) is 0 Å². The van der Waals surface area contributed by atoms with Crippen molar-refractivity contribution in [2.45, 2.75) is 51.1 Å². The van der Waals surface area contributed by atoms with Crippen molar-refractivity contribution in [3.8, 4) is 0 Å². The van der Waals surface area contributed by atoms with E-state index in [1.165, 1.54) is 13.2 Å². The van der Waals surface area contributed by atoms with E-state index in [1.54, 1.807) is 6.08 Å². The van der Waals surface area contributed by atoms with E-state index in [0.29, 0.717) is 6.42 Å². The minimum absolute atomic E-state index is 0.0169. The number of rotatable bonds is 4. The van der Waals surface area contributed by atoms with Crippen LogP contribution in [0.5, 0.6) is 0 Å². The zero-order valence-corrected chi connectivity index (χ0v) is 12.0. The van der Waals surface area contributed by atoms with Gasteiger partial charge >= 0.3 is 5.97 Å². The van der Waals surface area contributed by atoms with Crippen LogP contribution in [0.1, 0.15) is 33.1 Å². The summed E-state index contributed by atoms with van der Waals surface area (Å²) in [5.74, 6) is -0.246. The Labute approximate surface area is 117 Å². The number of ketones is 1. The predicted molar refractivity (Wildman–Crippen MR) is 68.4 cm³/mol.